The monoisotopic (exact) mass is 349 g/mol. The number of nitrogens with zero attached hydrogens (tertiary/aromatic N) is 1. The van der Waals surface area contributed by atoms with E-state index < -0.39 is 5.60 Å². The van der Waals surface area contributed by atoms with Gasteiger partial charge in [0.05, 0.1) is 10.6 Å². The summed E-state index contributed by atoms with van der Waals surface area (Å²) in [4.78, 5) is 3.99. The summed E-state index contributed by atoms with van der Waals surface area (Å²) < 4.78 is 0. The summed E-state index contributed by atoms with van der Waals surface area (Å²) in [5, 5.41) is 11.9. The number of benzene rings is 1. The molecule has 122 valence electrons. The lowest BCUT2D eigenvalue weighted by Crippen LogP contribution is -2.38. The molecule has 1 N–H and O–H groups in total. The van der Waals surface area contributed by atoms with Gasteiger partial charge in [-0.15, -0.1) is 0 Å². The lowest BCUT2D eigenvalue weighted by Gasteiger charge is -2.41. The molecule has 1 aromatic carbocycles. The van der Waals surface area contributed by atoms with Gasteiger partial charge in [0.15, 0.2) is 0 Å². The van der Waals surface area contributed by atoms with Crippen LogP contribution in [-0.2, 0) is 0 Å². The average Bonchev–Trinajstić information content (AvgIpc) is 2.58. The van der Waals surface area contributed by atoms with Gasteiger partial charge in [-0.05, 0) is 48.8 Å². The Balaban J connectivity index is 1.75. The van der Waals surface area contributed by atoms with E-state index in [1.165, 1.54) is 5.56 Å². The topological polar surface area (TPSA) is 33.1 Å². The molecular formula is C19H21Cl2NO. The van der Waals surface area contributed by atoms with Crippen LogP contribution in [-0.4, -0.2) is 15.7 Å². The van der Waals surface area contributed by atoms with Crippen LogP contribution < -0.4 is 0 Å². The van der Waals surface area contributed by atoms with E-state index in [-0.39, 0.29) is 5.92 Å². The van der Waals surface area contributed by atoms with Crippen LogP contribution in [0.2, 0.25) is 10.2 Å². The van der Waals surface area contributed by atoms with E-state index >= 15 is 0 Å². The van der Waals surface area contributed by atoms with E-state index in [0.717, 1.165) is 31.2 Å². The molecule has 23 heavy (non-hydrogen) atoms. The minimum Gasteiger partial charge on any atom is -0.389 e. The zero-order valence-electron chi connectivity index (χ0n) is 13.2. The van der Waals surface area contributed by atoms with Crippen LogP contribution in [0.25, 0.3) is 0 Å². The second-order valence-corrected chi connectivity index (χ2v) is 7.25. The molecule has 0 radical (unpaired) electrons. The highest BCUT2D eigenvalue weighted by molar-refractivity contribution is 6.41. The first kappa shape index (κ1) is 16.8. The molecule has 1 fully saturated rings. The van der Waals surface area contributed by atoms with E-state index in [9.17, 15) is 5.11 Å². The zero-order valence-corrected chi connectivity index (χ0v) is 14.7. The Morgan fingerprint density at radius 3 is 2.43 bits per heavy atom. The van der Waals surface area contributed by atoms with E-state index in [1.54, 1.807) is 6.20 Å². The van der Waals surface area contributed by atoms with Crippen LogP contribution in [0.3, 0.4) is 0 Å². The molecule has 1 aliphatic carbocycles. The molecule has 1 unspecified atom stereocenters. The highest BCUT2D eigenvalue weighted by Gasteiger charge is 2.39. The van der Waals surface area contributed by atoms with Crippen LogP contribution in [0.1, 0.15) is 55.6 Å². The van der Waals surface area contributed by atoms with Crippen molar-refractivity contribution in [1.82, 2.24) is 4.98 Å². The fraction of sp³-hybridized carbons (Fsp3) is 0.421. The SMILES string of the molecule is CC(c1ccnc(Cl)c1Cl)C1(O)CCC(c2ccccc2)CC1. The third-order valence-electron chi connectivity index (χ3n) is 5.27. The number of pyridine rings is 1. The molecule has 0 aliphatic heterocycles. The predicted molar refractivity (Wildman–Crippen MR) is 95.3 cm³/mol. The van der Waals surface area contributed by atoms with Crippen LogP contribution >= 0.6 is 23.2 Å². The Morgan fingerprint density at radius 1 is 1.13 bits per heavy atom. The quantitative estimate of drug-likeness (QED) is 0.733. The van der Waals surface area contributed by atoms with Crippen molar-refractivity contribution < 1.29 is 5.11 Å². The second-order valence-electron chi connectivity index (χ2n) is 6.52. The van der Waals surface area contributed by atoms with Gasteiger partial charge in [0.25, 0.3) is 0 Å². The molecule has 0 spiro atoms. The normalized spacial score (nSPS) is 26.0. The van der Waals surface area contributed by atoms with Crippen molar-refractivity contribution in [3.63, 3.8) is 0 Å². The van der Waals surface area contributed by atoms with Gasteiger partial charge in [-0.1, -0.05) is 60.5 Å². The Hall–Kier alpha value is -1.09. The van der Waals surface area contributed by atoms with Gasteiger partial charge < -0.3 is 5.11 Å². The number of aliphatic hydroxyl groups is 1. The summed E-state index contributed by atoms with van der Waals surface area (Å²) in [6.07, 6.45) is 5.16. The highest BCUT2D eigenvalue weighted by Crippen LogP contribution is 2.46. The number of hydrogen-bond donors (Lipinski definition) is 1. The lowest BCUT2D eigenvalue weighted by molar-refractivity contribution is -0.0213. The standard InChI is InChI=1S/C19H21Cl2NO/c1-13(16-9-12-22-18(21)17(16)20)19(23)10-7-15(8-11-19)14-5-3-2-4-6-14/h2-6,9,12-13,15,23H,7-8,10-11H2,1H3. The molecule has 0 bridgehead atoms. The van der Waals surface area contributed by atoms with Gasteiger partial charge in [0.1, 0.15) is 5.15 Å². The molecule has 2 aromatic rings. The van der Waals surface area contributed by atoms with Gasteiger partial charge >= 0.3 is 0 Å². The number of halogens is 2. The number of rotatable bonds is 3. The molecule has 1 saturated carbocycles. The van der Waals surface area contributed by atoms with E-state index in [0.29, 0.717) is 16.1 Å². The maximum Gasteiger partial charge on any atom is 0.147 e. The highest BCUT2D eigenvalue weighted by atomic mass is 35.5. The largest absolute Gasteiger partial charge is 0.389 e. The summed E-state index contributed by atoms with van der Waals surface area (Å²) in [5.41, 5.74) is 1.51. The summed E-state index contributed by atoms with van der Waals surface area (Å²) >= 11 is 12.3. The van der Waals surface area contributed by atoms with Crippen molar-refractivity contribution in [2.45, 2.75) is 50.0 Å². The fourth-order valence-electron chi connectivity index (χ4n) is 3.67. The first-order chi connectivity index (χ1) is 11.0. The van der Waals surface area contributed by atoms with Crippen molar-refractivity contribution in [2.24, 2.45) is 0 Å². The second kappa shape index (κ2) is 6.80. The first-order valence-electron chi connectivity index (χ1n) is 8.08. The van der Waals surface area contributed by atoms with Gasteiger partial charge in [-0.2, -0.15) is 0 Å². The molecule has 4 heteroatoms. The Bertz CT molecular complexity index is 666. The Kier molecular flexibility index (Phi) is 4.96. The van der Waals surface area contributed by atoms with Gasteiger partial charge in [-0.3, -0.25) is 0 Å². The number of aromatic nitrogens is 1. The third kappa shape index (κ3) is 3.40. The predicted octanol–water partition coefficient (Wildman–Crippen LogP) is 5.58. The molecule has 1 aromatic heterocycles. The lowest BCUT2D eigenvalue weighted by atomic mass is 9.69. The third-order valence-corrected chi connectivity index (χ3v) is 6.05. The summed E-state index contributed by atoms with van der Waals surface area (Å²) in [7, 11) is 0. The summed E-state index contributed by atoms with van der Waals surface area (Å²) in [6, 6.07) is 12.4. The minimum atomic E-state index is -0.737. The van der Waals surface area contributed by atoms with E-state index in [4.69, 9.17) is 23.2 Å². The summed E-state index contributed by atoms with van der Waals surface area (Å²) in [5.74, 6) is 0.465. The molecule has 0 amide bonds. The van der Waals surface area contributed by atoms with Crippen molar-refractivity contribution >= 4 is 23.2 Å². The average molecular weight is 350 g/mol. The van der Waals surface area contributed by atoms with Crippen molar-refractivity contribution in [3.8, 4) is 0 Å². The van der Waals surface area contributed by atoms with Crippen LogP contribution in [0, 0.1) is 0 Å². The molecule has 0 saturated heterocycles. The molecule has 2 nitrogen and oxygen atoms in total. The molecule has 1 heterocycles. The maximum atomic E-state index is 11.2. The van der Waals surface area contributed by atoms with Crippen LogP contribution in [0.15, 0.2) is 42.6 Å². The van der Waals surface area contributed by atoms with Crippen LogP contribution in [0.5, 0.6) is 0 Å². The smallest absolute Gasteiger partial charge is 0.147 e. The maximum absolute atomic E-state index is 11.2. The van der Waals surface area contributed by atoms with E-state index in [2.05, 4.69) is 29.2 Å². The molecule has 1 atom stereocenters. The minimum absolute atomic E-state index is 0.0628. The first-order valence-corrected chi connectivity index (χ1v) is 8.84. The Morgan fingerprint density at radius 2 is 1.78 bits per heavy atom. The molecular weight excluding hydrogens is 329 g/mol. The van der Waals surface area contributed by atoms with Crippen molar-refractivity contribution in [1.29, 1.82) is 0 Å². The molecule has 1 aliphatic rings. The fourth-order valence-corrected chi connectivity index (χ4v) is 4.11. The number of hydrogen-bond acceptors (Lipinski definition) is 2. The molecule has 3 rings (SSSR count). The zero-order chi connectivity index (χ0) is 16.4. The van der Waals surface area contributed by atoms with Gasteiger partial charge in [0, 0.05) is 12.1 Å². The summed E-state index contributed by atoms with van der Waals surface area (Å²) in [6.45, 7) is 2.03. The van der Waals surface area contributed by atoms with E-state index in [1.807, 2.05) is 19.1 Å². The van der Waals surface area contributed by atoms with Crippen molar-refractivity contribution in [3.05, 3.63) is 63.9 Å². The van der Waals surface area contributed by atoms with Gasteiger partial charge in [0.2, 0.25) is 0 Å². The van der Waals surface area contributed by atoms with Crippen LogP contribution in [0.4, 0.5) is 0 Å². The van der Waals surface area contributed by atoms with Gasteiger partial charge in [-0.25, -0.2) is 4.98 Å². The Labute approximate surface area is 147 Å². The van der Waals surface area contributed by atoms with Crippen molar-refractivity contribution in [2.75, 3.05) is 0 Å².